The van der Waals surface area contributed by atoms with E-state index in [1.165, 1.54) is 12.3 Å². The summed E-state index contributed by atoms with van der Waals surface area (Å²) in [6.45, 7) is 0. The SMILES string of the molecule is O=C(Nc1ccc(-n2ccc(C(F)(F)F)n2)c(-c2nn[nH]n2)c1)C1(c2cccc(Cl)c2)CC1. The first kappa shape index (κ1) is 21.1. The van der Waals surface area contributed by atoms with Crippen LogP contribution in [0.25, 0.3) is 17.1 Å². The molecule has 0 radical (unpaired) electrons. The van der Waals surface area contributed by atoms with Crippen LogP contribution in [0.15, 0.2) is 54.7 Å². The number of halogens is 4. The van der Waals surface area contributed by atoms with E-state index >= 15 is 0 Å². The normalized spacial score (nSPS) is 14.8. The number of anilines is 1. The molecule has 1 fully saturated rings. The molecule has 2 aromatic carbocycles. The largest absolute Gasteiger partial charge is 0.435 e. The van der Waals surface area contributed by atoms with Crippen molar-refractivity contribution < 1.29 is 18.0 Å². The molecule has 5 rings (SSSR count). The van der Waals surface area contributed by atoms with Crippen molar-refractivity contribution in [1.29, 1.82) is 0 Å². The van der Waals surface area contributed by atoms with Crippen molar-refractivity contribution in [2.45, 2.75) is 24.4 Å². The van der Waals surface area contributed by atoms with Gasteiger partial charge in [-0.05, 0) is 60.0 Å². The fraction of sp³-hybridized carbons (Fsp3) is 0.190. The molecule has 8 nitrogen and oxygen atoms in total. The number of nitrogens with zero attached hydrogens (tertiary/aromatic N) is 5. The van der Waals surface area contributed by atoms with Gasteiger partial charge in [-0.15, -0.1) is 10.2 Å². The monoisotopic (exact) mass is 473 g/mol. The smallest absolute Gasteiger partial charge is 0.325 e. The van der Waals surface area contributed by atoms with E-state index in [9.17, 15) is 18.0 Å². The van der Waals surface area contributed by atoms with E-state index in [0.29, 0.717) is 34.8 Å². The van der Waals surface area contributed by atoms with Crippen molar-refractivity contribution in [1.82, 2.24) is 30.4 Å². The molecule has 1 amide bonds. The molecule has 0 aliphatic heterocycles. The second-order valence-corrected chi connectivity index (χ2v) is 8.09. The highest BCUT2D eigenvalue weighted by Crippen LogP contribution is 2.49. The summed E-state index contributed by atoms with van der Waals surface area (Å²) < 4.78 is 40.1. The van der Waals surface area contributed by atoms with Crippen molar-refractivity contribution >= 4 is 23.2 Å². The highest BCUT2D eigenvalue weighted by atomic mass is 35.5. The van der Waals surface area contributed by atoms with Gasteiger partial charge in [-0.2, -0.15) is 23.5 Å². The number of hydrogen-bond acceptors (Lipinski definition) is 5. The molecular weight excluding hydrogens is 459 g/mol. The Hall–Kier alpha value is -3.73. The van der Waals surface area contributed by atoms with Crippen LogP contribution in [0.2, 0.25) is 5.02 Å². The predicted molar refractivity (Wildman–Crippen MR) is 113 cm³/mol. The summed E-state index contributed by atoms with van der Waals surface area (Å²) in [7, 11) is 0. The number of amides is 1. The summed E-state index contributed by atoms with van der Waals surface area (Å²) in [5, 5.41) is 20.8. The third-order valence-corrected chi connectivity index (χ3v) is 5.76. The number of hydrogen-bond donors (Lipinski definition) is 2. The first-order valence-electron chi connectivity index (χ1n) is 9.85. The molecule has 2 aromatic heterocycles. The highest BCUT2D eigenvalue weighted by molar-refractivity contribution is 6.30. The molecule has 12 heteroatoms. The van der Waals surface area contributed by atoms with E-state index in [1.807, 2.05) is 6.07 Å². The lowest BCUT2D eigenvalue weighted by atomic mass is 9.95. The quantitative estimate of drug-likeness (QED) is 0.447. The number of alkyl halides is 3. The average Bonchev–Trinajstić information content (AvgIpc) is 3.17. The van der Waals surface area contributed by atoms with Crippen LogP contribution in [0.3, 0.4) is 0 Å². The van der Waals surface area contributed by atoms with Crippen LogP contribution in [0, 0.1) is 0 Å². The molecule has 1 saturated carbocycles. The van der Waals surface area contributed by atoms with Crippen molar-refractivity contribution in [3.05, 3.63) is 71.0 Å². The van der Waals surface area contributed by atoms with Crippen molar-refractivity contribution in [2.75, 3.05) is 5.32 Å². The fourth-order valence-electron chi connectivity index (χ4n) is 3.69. The Balaban J connectivity index is 1.48. The maximum atomic E-state index is 13.1. The number of rotatable bonds is 5. The lowest BCUT2D eigenvalue weighted by Crippen LogP contribution is -2.27. The van der Waals surface area contributed by atoms with Crippen LogP contribution < -0.4 is 5.32 Å². The van der Waals surface area contributed by atoms with E-state index in [2.05, 4.69) is 31.0 Å². The van der Waals surface area contributed by atoms with E-state index in [1.54, 1.807) is 30.3 Å². The molecular formula is C21H15ClF3N7O. The van der Waals surface area contributed by atoms with Crippen molar-refractivity contribution in [2.24, 2.45) is 0 Å². The predicted octanol–water partition coefficient (Wildman–Crippen LogP) is 4.39. The Bertz CT molecular complexity index is 1330. The highest BCUT2D eigenvalue weighted by Gasteiger charge is 2.51. The maximum Gasteiger partial charge on any atom is 0.435 e. The fourth-order valence-corrected chi connectivity index (χ4v) is 3.88. The Kier molecular flexibility index (Phi) is 4.93. The molecule has 0 saturated heterocycles. The molecule has 2 heterocycles. The van der Waals surface area contributed by atoms with Crippen LogP contribution in [0.1, 0.15) is 24.1 Å². The summed E-state index contributed by atoms with van der Waals surface area (Å²) in [5.41, 5.74) is 0.196. The molecule has 2 N–H and O–H groups in total. The molecule has 4 aromatic rings. The van der Waals surface area contributed by atoms with Gasteiger partial charge in [0, 0.05) is 16.9 Å². The minimum Gasteiger partial charge on any atom is -0.325 e. The molecule has 0 spiro atoms. The van der Waals surface area contributed by atoms with Crippen molar-refractivity contribution in [3.8, 4) is 17.1 Å². The average molecular weight is 474 g/mol. The molecule has 0 atom stereocenters. The number of H-pyrrole nitrogens is 1. The first-order valence-corrected chi connectivity index (χ1v) is 10.2. The maximum absolute atomic E-state index is 13.1. The van der Waals surface area contributed by atoms with Crippen LogP contribution in [0.5, 0.6) is 0 Å². The molecule has 168 valence electrons. The number of benzene rings is 2. The van der Waals surface area contributed by atoms with Gasteiger partial charge in [0.2, 0.25) is 11.7 Å². The van der Waals surface area contributed by atoms with E-state index < -0.39 is 17.3 Å². The molecule has 0 bridgehead atoms. The minimum atomic E-state index is -4.58. The zero-order valence-corrected chi connectivity index (χ0v) is 17.5. The standard InChI is InChI=1S/C21H15ClF3N7O/c22-13-3-1-2-12(10-13)20(7-8-20)19(33)26-14-4-5-16(15(11-14)18-27-30-31-28-18)32-9-6-17(29-32)21(23,24)25/h1-6,9-11H,7-8H2,(H,26,33)(H,27,28,30,31). The third kappa shape index (κ3) is 3.95. The van der Waals surface area contributed by atoms with Gasteiger partial charge >= 0.3 is 6.18 Å². The number of tetrazole rings is 1. The third-order valence-electron chi connectivity index (χ3n) is 5.53. The molecule has 1 aliphatic rings. The van der Waals surface area contributed by atoms with E-state index in [0.717, 1.165) is 16.3 Å². The Morgan fingerprint density at radius 2 is 1.97 bits per heavy atom. The lowest BCUT2D eigenvalue weighted by molar-refractivity contribution is -0.141. The van der Waals surface area contributed by atoms with Gasteiger partial charge in [0.25, 0.3) is 0 Å². The van der Waals surface area contributed by atoms with Crippen LogP contribution >= 0.6 is 11.6 Å². The molecule has 33 heavy (non-hydrogen) atoms. The minimum absolute atomic E-state index is 0.140. The molecule has 0 unspecified atom stereocenters. The van der Waals surface area contributed by atoms with Gasteiger partial charge in [-0.1, -0.05) is 23.7 Å². The van der Waals surface area contributed by atoms with Gasteiger partial charge in [0.05, 0.1) is 16.7 Å². The van der Waals surface area contributed by atoms with E-state index in [-0.39, 0.29) is 11.7 Å². The number of nitrogens with one attached hydrogen (secondary N) is 2. The summed E-state index contributed by atoms with van der Waals surface area (Å²) in [5.74, 6) is -0.0591. The Labute approximate surface area is 189 Å². The van der Waals surface area contributed by atoms with Crippen molar-refractivity contribution in [3.63, 3.8) is 0 Å². The van der Waals surface area contributed by atoms with E-state index in [4.69, 9.17) is 11.6 Å². The zero-order valence-electron chi connectivity index (χ0n) is 16.8. The Morgan fingerprint density at radius 3 is 2.61 bits per heavy atom. The number of carbonyl (C=O) groups is 1. The zero-order chi connectivity index (χ0) is 23.2. The second-order valence-electron chi connectivity index (χ2n) is 7.66. The molecule has 1 aliphatic carbocycles. The summed E-state index contributed by atoms with van der Waals surface area (Å²) in [6.07, 6.45) is -2.02. The summed E-state index contributed by atoms with van der Waals surface area (Å²) in [4.78, 5) is 13.1. The van der Waals surface area contributed by atoms with Crippen LogP contribution in [-0.4, -0.2) is 36.3 Å². The van der Waals surface area contributed by atoms with Gasteiger partial charge in [-0.3, -0.25) is 4.79 Å². The second kappa shape index (κ2) is 7.69. The topological polar surface area (TPSA) is 101 Å². The Morgan fingerprint density at radius 1 is 1.15 bits per heavy atom. The summed E-state index contributed by atoms with van der Waals surface area (Å²) in [6, 6.07) is 12.7. The van der Waals surface area contributed by atoms with Gasteiger partial charge in [0.15, 0.2) is 5.69 Å². The van der Waals surface area contributed by atoms with Gasteiger partial charge in [0.1, 0.15) is 0 Å². The first-order chi connectivity index (χ1) is 15.8. The number of aromatic amines is 1. The van der Waals surface area contributed by atoms with Gasteiger partial charge in [-0.25, -0.2) is 4.68 Å². The number of carbonyl (C=O) groups excluding carboxylic acids is 1. The van der Waals surface area contributed by atoms with Gasteiger partial charge < -0.3 is 5.32 Å². The summed E-state index contributed by atoms with van der Waals surface area (Å²) >= 11 is 6.09. The van der Waals surface area contributed by atoms with Crippen LogP contribution in [-0.2, 0) is 16.4 Å². The number of aromatic nitrogens is 6. The van der Waals surface area contributed by atoms with Crippen LogP contribution in [0.4, 0.5) is 18.9 Å². The lowest BCUT2D eigenvalue weighted by Gasteiger charge is -2.17.